The maximum Gasteiger partial charge on any atom is 0.257 e. The van der Waals surface area contributed by atoms with Crippen LogP contribution in [0.2, 0.25) is 0 Å². The normalized spacial score (nSPS) is 15.4. The van der Waals surface area contributed by atoms with E-state index in [4.69, 9.17) is 9.26 Å². The second-order valence-electron chi connectivity index (χ2n) is 5.92. The number of pyridine rings is 1. The number of carbonyl (C=O) groups is 1. The Labute approximate surface area is 144 Å². The summed E-state index contributed by atoms with van der Waals surface area (Å²) in [6.45, 7) is 3.94. The fraction of sp³-hybridized carbons (Fsp3) is 0.278. The summed E-state index contributed by atoms with van der Waals surface area (Å²) in [4.78, 5) is 18.5. The van der Waals surface area contributed by atoms with Crippen molar-refractivity contribution in [3.8, 4) is 0 Å². The number of aromatic nitrogens is 2. The zero-order valence-electron chi connectivity index (χ0n) is 13.6. The van der Waals surface area contributed by atoms with Crippen LogP contribution in [0.15, 0.2) is 47.2 Å². The molecular weight excluding hydrogens is 320 g/mol. The van der Waals surface area contributed by atoms with E-state index in [1.165, 1.54) is 6.20 Å². The minimum atomic E-state index is -0.196. The monoisotopic (exact) mass is 338 g/mol. The van der Waals surface area contributed by atoms with Gasteiger partial charge in [-0.15, -0.1) is 0 Å². The first-order valence-electron chi connectivity index (χ1n) is 8.19. The van der Waals surface area contributed by atoms with Crippen molar-refractivity contribution in [2.24, 2.45) is 0 Å². The van der Waals surface area contributed by atoms with Crippen molar-refractivity contribution in [3.05, 3.63) is 54.0 Å². The van der Waals surface area contributed by atoms with Gasteiger partial charge in [0.15, 0.2) is 5.58 Å². The van der Waals surface area contributed by atoms with Crippen molar-refractivity contribution >= 4 is 22.6 Å². The SMILES string of the molecule is O=C(Nc1ccc2onc(CN3CCOCC3)c2c1)c1cccnc1. The molecule has 7 heteroatoms. The van der Waals surface area contributed by atoms with Crippen LogP contribution in [0.1, 0.15) is 16.1 Å². The van der Waals surface area contributed by atoms with Crippen LogP contribution in [0.4, 0.5) is 5.69 Å². The maximum absolute atomic E-state index is 12.3. The van der Waals surface area contributed by atoms with Crippen molar-refractivity contribution in [1.29, 1.82) is 0 Å². The van der Waals surface area contributed by atoms with E-state index in [0.717, 1.165) is 37.4 Å². The second kappa shape index (κ2) is 7.00. The molecule has 2 aromatic heterocycles. The summed E-state index contributed by atoms with van der Waals surface area (Å²) in [7, 11) is 0. The summed E-state index contributed by atoms with van der Waals surface area (Å²) >= 11 is 0. The van der Waals surface area contributed by atoms with Gasteiger partial charge in [-0.25, -0.2) is 0 Å². The molecule has 0 radical (unpaired) electrons. The average molecular weight is 338 g/mol. The van der Waals surface area contributed by atoms with Gasteiger partial charge in [-0.1, -0.05) is 5.16 Å². The van der Waals surface area contributed by atoms with Gasteiger partial charge in [-0.2, -0.15) is 0 Å². The van der Waals surface area contributed by atoms with E-state index >= 15 is 0 Å². The number of hydrogen-bond donors (Lipinski definition) is 1. The van der Waals surface area contributed by atoms with Crippen LogP contribution in [0.5, 0.6) is 0 Å². The molecule has 128 valence electrons. The molecule has 3 aromatic rings. The minimum absolute atomic E-state index is 0.196. The first-order chi connectivity index (χ1) is 12.3. The number of anilines is 1. The number of carbonyl (C=O) groups excluding carboxylic acids is 1. The Morgan fingerprint density at radius 2 is 2.12 bits per heavy atom. The zero-order valence-corrected chi connectivity index (χ0v) is 13.6. The lowest BCUT2D eigenvalue weighted by Crippen LogP contribution is -2.35. The van der Waals surface area contributed by atoms with Crippen LogP contribution in [0, 0.1) is 0 Å². The Bertz CT molecular complexity index is 872. The third-order valence-corrected chi connectivity index (χ3v) is 4.20. The molecule has 7 nitrogen and oxygen atoms in total. The zero-order chi connectivity index (χ0) is 17.1. The highest BCUT2D eigenvalue weighted by Crippen LogP contribution is 2.24. The first-order valence-corrected chi connectivity index (χ1v) is 8.19. The fourth-order valence-corrected chi connectivity index (χ4v) is 2.85. The van der Waals surface area contributed by atoms with E-state index in [1.54, 1.807) is 24.4 Å². The van der Waals surface area contributed by atoms with Gasteiger partial charge in [0.2, 0.25) is 0 Å². The van der Waals surface area contributed by atoms with Gasteiger partial charge in [-0.3, -0.25) is 14.7 Å². The summed E-state index contributed by atoms with van der Waals surface area (Å²) in [6.07, 6.45) is 3.18. The molecule has 1 aliphatic heterocycles. The highest BCUT2D eigenvalue weighted by Gasteiger charge is 2.16. The summed E-state index contributed by atoms with van der Waals surface area (Å²) in [5.74, 6) is -0.196. The second-order valence-corrected chi connectivity index (χ2v) is 5.92. The lowest BCUT2D eigenvalue weighted by molar-refractivity contribution is 0.0334. The molecule has 1 amide bonds. The van der Waals surface area contributed by atoms with E-state index in [2.05, 4.69) is 20.4 Å². The van der Waals surface area contributed by atoms with Gasteiger partial charge in [0.05, 0.1) is 18.8 Å². The molecule has 3 heterocycles. The van der Waals surface area contributed by atoms with Gasteiger partial charge in [0.1, 0.15) is 5.69 Å². The molecule has 25 heavy (non-hydrogen) atoms. The number of morpholine rings is 1. The largest absolute Gasteiger partial charge is 0.379 e. The molecule has 1 aromatic carbocycles. The van der Waals surface area contributed by atoms with Crippen molar-refractivity contribution in [1.82, 2.24) is 15.0 Å². The number of nitrogens with zero attached hydrogens (tertiary/aromatic N) is 3. The number of ether oxygens (including phenoxy) is 1. The van der Waals surface area contributed by atoms with Gasteiger partial charge in [-0.05, 0) is 30.3 Å². The standard InChI is InChI=1S/C18H18N4O3/c23-18(13-2-1-5-19-11-13)20-14-3-4-17-15(10-14)16(21-25-17)12-22-6-8-24-9-7-22/h1-5,10-11H,6-9,12H2,(H,20,23). The van der Waals surface area contributed by atoms with E-state index in [9.17, 15) is 4.79 Å². The smallest absolute Gasteiger partial charge is 0.257 e. The van der Waals surface area contributed by atoms with Gasteiger partial charge in [0, 0.05) is 43.1 Å². The molecule has 0 spiro atoms. The molecule has 0 aliphatic carbocycles. The summed E-state index contributed by atoms with van der Waals surface area (Å²) < 4.78 is 10.8. The Morgan fingerprint density at radius 3 is 2.92 bits per heavy atom. The fourth-order valence-electron chi connectivity index (χ4n) is 2.85. The van der Waals surface area contributed by atoms with E-state index < -0.39 is 0 Å². The molecule has 1 aliphatic rings. The van der Waals surface area contributed by atoms with Crippen molar-refractivity contribution in [2.75, 3.05) is 31.6 Å². The van der Waals surface area contributed by atoms with Gasteiger partial charge >= 0.3 is 0 Å². The lowest BCUT2D eigenvalue weighted by atomic mass is 10.1. The van der Waals surface area contributed by atoms with E-state index in [0.29, 0.717) is 23.4 Å². The quantitative estimate of drug-likeness (QED) is 0.786. The predicted octanol–water partition coefficient (Wildman–Crippen LogP) is 2.31. The van der Waals surface area contributed by atoms with E-state index in [1.807, 2.05) is 12.1 Å². The topological polar surface area (TPSA) is 80.5 Å². The Kier molecular flexibility index (Phi) is 4.41. The molecular formula is C18H18N4O3. The number of amides is 1. The number of hydrogen-bond acceptors (Lipinski definition) is 6. The highest BCUT2D eigenvalue weighted by atomic mass is 16.5. The molecule has 1 fully saturated rings. The average Bonchev–Trinajstić information content (AvgIpc) is 3.05. The number of fused-ring (bicyclic) bond motifs is 1. The Morgan fingerprint density at radius 1 is 1.24 bits per heavy atom. The van der Waals surface area contributed by atoms with Crippen molar-refractivity contribution < 1.29 is 14.1 Å². The summed E-state index contributed by atoms with van der Waals surface area (Å²) in [5, 5.41) is 7.99. The Hall–Kier alpha value is -2.77. The Balaban J connectivity index is 1.54. The predicted molar refractivity (Wildman–Crippen MR) is 92.3 cm³/mol. The van der Waals surface area contributed by atoms with Crippen molar-refractivity contribution in [2.45, 2.75) is 6.54 Å². The van der Waals surface area contributed by atoms with Crippen LogP contribution in [0.3, 0.4) is 0 Å². The maximum atomic E-state index is 12.3. The van der Waals surface area contributed by atoms with Crippen LogP contribution < -0.4 is 5.32 Å². The van der Waals surface area contributed by atoms with Crippen LogP contribution in [-0.2, 0) is 11.3 Å². The molecule has 0 atom stereocenters. The summed E-state index contributed by atoms with van der Waals surface area (Å²) in [5.41, 5.74) is 2.80. The number of benzene rings is 1. The van der Waals surface area contributed by atoms with E-state index in [-0.39, 0.29) is 5.91 Å². The molecule has 0 saturated carbocycles. The molecule has 1 N–H and O–H groups in total. The molecule has 4 rings (SSSR count). The van der Waals surface area contributed by atoms with Crippen LogP contribution in [-0.4, -0.2) is 47.3 Å². The summed E-state index contributed by atoms with van der Waals surface area (Å²) in [6, 6.07) is 8.99. The minimum Gasteiger partial charge on any atom is -0.379 e. The van der Waals surface area contributed by atoms with Crippen LogP contribution in [0.25, 0.3) is 11.0 Å². The van der Waals surface area contributed by atoms with Gasteiger partial charge in [0.25, 0.3) is 5.91 Å². The van der Waals surface area contributed by atoms with Gasteiger partial charge < -0.3 is 14.6 Å². The molecule has 0 bridgehead atoms. The number of rotatable bonds is 4. The van der Waals surface area contributed by atoms with Crippen molar-refractivity contribution in [3.63, 3.8) is 0 Å². The third kappa shape index (κ3) is 3.52. The lowest BCUT2D eigenvalue weighted by Gasteiger charge is -2.25. The highest BCUT2D eigenvalue weighted by molar-refractivity contribution is 6.04. The first kappa shape index (κ1) is 15.7. The molecule has 1 saturated heterocycles. The third-order valence-electron chi connectivity index (χ3n) is 4.20. The van der Waals surface area contributed by atoms with Crippen LogP contribution >= 0.6 is 0 Å². The molecule has 0 unspecified atom stereocenters. The number of nitrogens with one attached hydrogen (secondary N) is 1.